The number of carbonyl (C=O) groups is 1. The van der Waals surface area contributed by atoms with E-state index in [1.54, 1.807) is 6.07 Å². The van der Waals surface area contributed by atoms with Crippen molar-refractivity contribution < 1.29 is 22.7 Å². The van der Waals surface area contributed by atoms with Gasteiger partial charge < -0.3 is 10.1 Å². The molecule has 4 rings (SSSR count). The molecule has 4 nitrogen and oxygen atoms in total. The van der Waals surface area contributed by atoms with Gasteiger partial charge in [0.15, 0.2) is 0 Å². The lowest BCUT2D eigenvalue weighted by molar-refractivity contribution is -0.137. The first kappa shape index (κ1) is 20.1. The Hall–Kier alpha value is -3.19. The van der Waals surface area contributed by atoms with Gasteiger partial charge in [-0.3, -0.25) is 9.78 Å². The Kier molecular flexibility index (Phi) is 5.30. The summed E-state index contributed by atoms with van der Waals surface area (Å²) in [6, 6.07) is 14.2. The zero-order valence-corrected chi connectivity index (χ0v) is 16.2. The highest BCUT2D eigenvalue weighted by molar-refractivity contribution is 6.04. The van der Waals surface area contributed by atoms with Crippen molar-refractivity contribution in [3.8, 4) is 11.1 Å². The molecule has 1 aliphatic heterocycles. The number of hydrogen-bond acceptors (Lipinski definition) is 3. The number of halogens is 3. The second kappa shape index (κ2) is 7.91. The highest BCUT2D eigenvalue weighted by Crippen LogP contribution is 2.31. The van der Waals surface area contributed by atoms with Gasteiger partial charge >= 0.3 is 6.18 Å². The summed E-state index contributed by atoms with van der Waals surface area (Å²) in [6.07, 6.45) is -3.01. The number of benzene rings is 2. The summed E-state index contributed by atoms with van der Waals surface area (Å²) >= 11 is 0. The van der Waals surface area contributed by atoms with Gasteiger partial charge in [0.1, 0.15) is 0 Å². The van der Waals surface area contributed by atoms with Gasteiger partial charge in [0.05, 0.1) is 30.7 Å². The van der Waals surface area contributed by atoms with Gasteiger partial charge in [-0.05, 0) is 42.3 Å². The summed E-state index contributed by atoms with van der Waals surface area (Å²) in [5, 5.41) is 2.65. The molecule has 1 amide bonds. The maximum absolute atomic E-state index is 12.9. The molecule has 154 valence electrons. The Morgan fingerprint density at radius 2 is 1.87 bits per heavy atom. The number of ether oxygens (including phenoxy) is 1. The Morgan fingerprint density at radius 3 is 2.57 bits per heavy atom. The number of amides is 1. The maximum Gasteiger partial charge on any atom is 0.416 e. The van der Waals surface area contributed by atoms with Crippen LogP contribution in [0.25, 0.3) is 11.1 Å². The molecule has 1 saturated heterocycles. The Morgan fingerprint density at radius 1 is 1.10 bits per heavy atom. The van der Waals surface area contributed by atoms with Gasteiger partial charge in [0.25, 0.3) is 5.91 Å². The topological polar surface area (TPSA) is 51.2 Å². The molecule has 0 radical (unpaired) electrons. The molecule has 0 saturated carbocycles. The van der Waals surface area contributed by atoms with E-state index < -0.39 is 17.6 Å². The Balaban J connectivity index is 1.59. The number of anilines is 1. The minimum absolute atomic E-state index is 0.0704. The highest BCUT2D eigenvalue weighted by atomic mass is 19.4. The lowest BCUT2D eigenvalue weighted by atomic mass is 9.93. The van der Waals surface area contributed by atoms with Gasteiger partial charge in [-0.1, -0.05) is 30.3 Å². The third-order valence-corrected chi connectivity index (χ3v) is 5.10. The van der Waals surface area contributed by atoms with Crippen LogP contribution in [0, 0.1) is 6.92 Å². The van der Waals surface area contributed by atoms with Crippen LogP contribution in [0.4, 0.5) is 18.9 Å². The largest absolute Gasteiger partial charge is 0.416 e. The summed E-state index contributed by atoms with van der Waals surface area (Å²) in [4.78, 5) is 16.8. The van der Waals surface area contributed by atoms with E-state index in [1.165, 1.54) is 23.9 Å². The lowest BCUT2D eigenvalue weighted by Crippen LogP contribution is -2.24. The van der Waals surface area contributed by atoms with Crippen molar-refractivity contribution in [2.75, 3.05) is 18.5 Å². The van der Waals surface area contributed by atoms with Crippen molar-refractivity contribution in [1.82, 2.24) is 4.98 Å². The fourth-order valence-electron chi connectivity index (χ4n) is 3.32. The molecule has 1 aliphatic rings. The van der Waals surface area contributed by atoms with E-state index in [2.05, 4.69) is 22.4 Å². The molecule has 7 heteroatoms. The number of pyridine rings is 1. The van der Waals surface area contributed by atoms with E-state index in [0.29, 0.717) is 24.8 Å². The SMILES string of the molecule is Cc1ncc(NC(=O)c2cccc(C(F)(F)F)c2)cc1-c1cccc(C2COC2)c1. The number of nitrogens with one attached hydrogen (secondary N) is 1. The third kappa shape index (κ3) is 4.21. The van der Waals surface area contributed by atoms with E-state index in [-0.39, 0.29) is 5.56 Å². The van der Waals surface area contributed by atoms with Crippen LogP contribution in [-0.4, -0.2) is 24.1 Å². The summed E-state index contributed by atoms with van der Waals surface area (Å²) in [7, 11) is 0. The summed E-state index contributed by atoms with van der Waals surface area (Å²) in [5.41, 5.74) is 3.24. The average Bonchev–Trinajstić information content (AvgIpc) is 2.68. The second-order valence-electron chi connectivity index (χ2n) is 7.25. The predicted molar refractivity (Wildman–Crippen MR) is 107 cm³/mol. The molecule has 1 N–H and O–H groups in total. The number of aromatic nitrogens is 1. The first-order valence-electron chi connectivity index (χ1n) is 9.44. The van der Waals surface area contributed by atoms with Gasteiger partial charge in [0.2, 0.25) is 0 Å². The molecule has 1 aromatic heterocycles. The molecule has 0 bridgehead atoms. The van der Waals surface area contributed by atoms with Crippen LogP contribution in [0.2, 0.25) is 0 Å². The van der Waals surface area contributed by atoms with Crippen molar-refractivity contribution in [2.45, 2.75) is 19.0 Å². The molecule has 30 heavy (non-hydrogen) atoms. The van der Waals surface area contributed by atoms with E-state index >= 15 is 0 Å². The van der Waals surface area contributed by atoms with Crippen LogP contribution in [0.15, 0.2) is 60.8 Å². The number of hydrogen-bond donors (Lipinski definition) is 1. The fourth-order valence-corrected chi connectivity index (χ4v) is 3.32. The fraction of sp³-hybridized carbons (Fsp3) is 0.217. The van der Waals surface area contributed by atoms with E-state index in [0.717, 1.165) is 29.0 Å². The summed E-state index contributed by atoms with van der Waals surface area (Å²) in [6.45, 7) is 3.27. The van der Waals surface area contributed by atoms with Gasteiger partial charge in [0, 0.05) is 22.7 Å². The number of nitrogens with zero attached hydrogens (tertiary/aromatic N) is 1. The standard InChI is InChI=1S/C23H19F3N2O2/c1-14-21(16-5-2-4-15(8-16)18-12-30-13-18)10-20(11-27-14)28-22(29)17-6-3-7-19(9-17)23(24,25)26/h2-11,18H,12-13H2,1H3,(H,28,29). The Bertz CT molecular complexity index is 1090. The van der Waals surface area contributed by atoms with Crippen molar-refractivity contribution in [3.63, 3.8) is 0 Å². The van der Waals surface area contributed by atoms with Crippen molar-refractivity contribution >= 4 is 11.6 Å². The number of alkyl halides is 3. The van der Waals surface area contributed by atoms with Gasteiger partial charge in [-0.15, -0.1) is 0 Å². The zero-order chi connectivity index (χ0) is 21.3. The predicted octanol–water partition coefficient (Wildman–Crippen LogP) is 5.44. The van der Waals surface area contributed by atoms with E-state index in [1.807, 2.05) is 19.1 Å². The van der Waals surface area contributed by atoms with Crippen molar-refractivity contribution in [1.29, 1.82) is 0 Å². The lowest BCUT2D eigenvalue weighted by Gasteiger charge is -2.26. The van der Waals surface area contributed by atoms with Crippen LogP contribution < -0.4 is 5.32 Å². The molecule has 0 unspecified atom stereocenters. The monoisotopic (exact) mass is 412 g/mol. The number of aryl methyl sites for hydroxylation is 1. The molecular formula is C23H19F3N2O2. The second-order valence-corrected chi connectivity index (χ2v) is 7.25. The highest BCUT2D eigenvalue weighted by Gasteiger charge is 2.31. The minimum atomic E-state index is -4.51. The van der Waals surface area contributed by atoms with Crippen LogP contribution in [0.1, 0.15) is 33.1 Å². The molecule has 2 aromatic carbocycles. The Labute approximate surface area is 171 Å². The average molecular weight is 412 g/mol. The van der Waals surface area contributed by atoms with Crippen LogP contribution in [-0.2, 0) is 10.9 Å². The molecule has 2 heterocycles. The van der Waals surface area contributed by atoms with Crippen LogP contribution >= 0.6 is 0 Å². The van der Waals surface area contributed by atoms with Crippen LogP contribution in [0.5, 0.6) is 0 Å². The first-order valence-corrected chi connectivity index (χ1v) is 9.44. The van der Waals surface area contributed by atoms with E-state index in [4.69, 9.17) is 4.74 Å². The van der Waals surface area contributed by atoms with Crippen LogP contribution in [0.3, 0.4) is 0 Å². The van der Waals surface area contributed by atoms with Gasteiger partial charge in [-0.25, -0.2) is 0 Å². The normalized spacial score (nSPS) is 14.3. The van der Waals surface area contributed by atoms with Crippen molar-refractivity contribution in [3.05, 3.63) is 83.2 Å². The van der Waals surface area contributed by atoms with Crippen molar-refractivity contribution in [2.24, 2.45) is 0 Å². The maximum atomic E-state index is 12.9. The first-order chi connectivity index (χ1) is 14.3. The molecule has 0 aliphatic carbocycles. The smallest absolute Gasteiger partial charge is 0.380 e. The summed E-state index contributed by atoms with van der Waals surface area (Å²) < 4.78 is 44.0. The molecular weight excluding hydrogens is 393 g/mol. The minimum Gasteiger partial charge on any atom is -0.380 e. The quantitative estimate of drug-likeness (QED) is 0.621. The van der Waals surface area contributed by atoms with Gasteiger partial charge in [-0.2, -0.15) is 13.2 Å². The van der Waals surface area contributed by atoms with E-state index in [9.17, 15) is 18.0 Å². The zero-order valence-electron chi connectivity index (χ0n) is 16.2. The summed E-state index contributed by atoms with van der Waals surface area (Å²) in [5.74, 6) is -0.250. The molecule has 0 spiro atoms. The number of carbonyl (C=O) groups excluding carboxylic acids is 1. The third-order valence-electron chi connectivity index (χ3n) is 5.10. The molecule has 3 aromatic rings. The molecule has 0 atom stereocenters. The number of rotatable bonds is 4. The molecule has 1 fully saturated rings.